The number of aromatic nitrogens is 1. The number of hydrogen-bond donors (Lipinski definition) is 1. The molecule has 1 aromatic carbocycles. The van der Waals surface area contributed by atoms with Crippen molar-refractivity contribution in [3.05, 3.63) is 63.5 Å². The number of hydrogen-bond acceptors (Lipinski definition) is 5. The molecule has 0 saturated heterocycles. The maximum absolute atomic E-state index is 12.8. The topological polar surface area (TPSA) is 85.1 Å². The summed E-state index contributed by atoms with van der Waals surface area (Å²) < 4.78 is 38.4. The monoisotopic (exact) mass is 325 g/mol. The standard InChI is InChI=1S/C14H10F3N3O3/c15-14(16,17)12-6-10(13(20(22)23)11(8-21)19-12)18-7-9-4-2-1-3-5-9/h1-6,8H,7H2,(H,18,19). The van der Waals surface area contributed by atoms with Crippen LogP contribution in [-0.4, -0.2) is 16.2 Å². The fourth-order valence-electron chi connectivity index (χ4n) is 1.91. The van der Waals surface area contributed by atoms with Gasteiger partial charge in [0.1, 0.15) is 11.4 Å². The maximum Gasteiger partial charge on any atom is 0.433 e. The van der Waals surface area contributed by atoms with E-state index in [-0.39, 0.29) is 12.8 Å². The fraction of sp³-hybridized carbons (Fsp3) is 0.143. The second-order valence-corrected chi connectivity index (χ2v) is 4.50. The van der Waals surface area contributed by atoms with Gasteiger partial charge in [-0.3, -0.25) is 14.9 Å². The minimum Gasteiger partial charge on any atom is -0.375 e. The van der Waals surface area contributed by atoms with Gasteiger partial charge in [-0.25, -0.2) is 4.98 Å². The van der Waals surface area contributed by atoms with Crippen LogP contribution < -0.4 is 5.32 Å². The molecule has 0 unspecified atom stereocenters. The van der Waals surface area contributed by atoms with Crippen LogP contribution in [0.5, 0.6) is 0 Å². The molecular weight excluding hydrogens is 315 g/mol. The predicted molar refractivity (Wildman–Crippen MR) is 75.0 cm³/mol. The van der Waals surface area contributed by atoms with E-state index in [0.717, 1.165) is 0 Å². The molecule has 2 aromatic rings. The lowest BCUT2D eigenvalue weighted by molar-refractivity contribution is -0.384. The van der Waals surface area contributed by atoms with Crippen LogP contribution in [0.15, 0.2) is 36.4 Å². The van der Waals surface area contributed by atoms with E-state index in [9.17, 15) is 28.1 Å². The second-order valence-electron chi connectivity index (χ2n) is 4.50. The Morgan fingerprint density at radius 3 is 2.43 bits per heavy atom. The molecule has 0 aliphatic rings. The van der Waals surface area contributed by atoms with E-state index in [1.165, 1.54) is 0 Å². The van der Waals surface area contributed by atoms with Gasteiger partial charge in [0, 0.05) is 6.54 Å². The summed E-state index contributed by atoms with van der Waals surface area (Å²) in [7, 11) is 0. The van der Waals surface area contributed by atoms with Crippen molar-refractivity contribution >= 4 is 17.7 Å². The number of nitrogens with one attached hydrogen (secondary N) is 1. The molecule has 23 heavy (non-hydrogen) atoms. The van der Waals surface area contributed by atoms with Gasteiger partial charge in [-0.2, -0.15) is 13.2 Å². The number of carbonyl (C=O) groups excluding carboxylic acids is 1. The van der Waals surface area contributed by atoms with Gasteiger partial charge in [0.25, 0.3) is 0 Å². The van der Waals surface area contributed by atoms with Gasteiger partial charge in [-0.05, 0) is 11.6 Å². The van der Waals surface area contributed by atoms with E-state index in [1.807, 2.05) is 0 Å². The molecule has 0 radical (unpaired) electrons. The Labute approximate surface area is 128 Å². The molecule has 0 spiro atoms. The van der Waals surface area contributed by atoms with Crippen molar-refractivity contribution in [2.75, 3.05) is 5.32 Å². The summed E-state index contributed by atoms with van der Waals surface area (Å²) in [6, 6.07) is 9.11. The van der Waals surface area contributed by atoms with Gasteiger partial charge < -0.3 is 5.32 Å². The molecule has 0 atom stereocenters. The molecule has 1 N–H and O–H groups in total. The molecule has 0 fully saturated rings. The molecule has 9 heteroatoms. The zero-order chi connectivity index (χ0) is 17.0. The number of aldehydes is 1. The summed E-state index contributed by atoms with van der Waals surface area (Å²) >= 11 is 0. The SMILES string of the molecule is O=Cc1nc(C(F)(F)F)cc(NCc2ccccc2)c1[N+](=O)[O-]. The molecule has 6 nitrogen and oxygen atoms in total. The highest BCUT2D eigenvalue weighted by Crippen LogP contribution is 2.35. The Balaban J connectivity index is 2.46. The summed E-state index contributed by atoms with van der Waals surface area (Å²) in [6.07, 6.45) is -4.89. The Kier molecular flexibility index (Phi) is 4.58. The maximum atomic E-state index is 12.8. The molecule has 2 rings (SSSR count). The van der Waals surface area contributed by atoms with E-state index in [0.29, 0.717) is 11.6 Å². The van der Waals surface area contributed by atoms with E-state index in [4.69, 9.17) is 0 Å². The number of halogens is 3. The lowest BCUT2D eigenvalue weighted by Gasteiger charge is -2.12. The van der Waals surface area contributed by atoms with Crippen molar-refractivity contribution in [1.29, 1.82) is 0 Å². The van der Waals surface area contributed by atoms with Crippen molar-refractivity contribution in [2.24, 2.45) is 0 Å². The molecule has 0 aliphatic heterocycles. The predicted octanol–water partition coefficient (Wildman–Crippen LogP) is 3.43. The first-order valence-corrected chi connectivity index (χ1v) is 6.32. The largest absolute Gasteiger partial charge is 0.433 e. The lowest BCUT2D eigenvalue weighted by Crippen LogP contribution is -2.13. The highest BCUT2D eigenvalue weighted by Gasteiger charge is 2.36. The molecule has 0 saturated carbocycles. The van der Waals surface area contributed by atoms with Crippen LogP contribution in [0.2, 0.25) is 0 Å². The third-order valence-corrected chi connectivity index (χ3v) is 2.93. The lowest BCUT2D eigenvalue weighted by atomic mass is 10.2. The van der Waals surface area contributed by atoms with Crippen LogP contribution in [0.4, 0.5) is 24.5 Å². The summed E-state index contributed by atoms with van der Waals surface area (Å²) in [4.78, 5) is 24.0. The molecule has 1 heterocycles. The van der Waals surface area contributed by atoms with Crippen LogP contribution in [0.3, 0.4) is 0 Å². The molecular formula is C14H10F3N3O3. The van der Waals surface area contributed by atoms with Crippen molar-refractivity contribution in [1.82, 2.24) is 4.98 Å². The summed E-state index contributed by atoms with van der Waals surface area (Å²) in [5.41, 5.74) is -2.74. The average Bonchev–Trinajstić information content (AvgIpc) is 2.51. The highest BCUT2D eigenvalue weighted by molar-refractivity contribution is 5.84. The van der Waals surface area contributed by atoms with Crippen molar-refractivity contribution < 1.29 is 22.9 Å². The zero-order valence-corrected chi connectivity index (χ0v) is 11.5. The minimum absolute atomic E-state index is 0.0568. The van der Waals surface area contributed by atoms with Gasteiger partial charge in [0.05, 0.1) is 4.92 Å². The number of pyridine rings is 1. The number of anilines is 1. The quantitative estimate of drug-likeness (QED) is 0.517. The molecule has 0 bridgehead atoms. The van der Waals surface area contributed by atoms with Crippen molar-refractivity contribution in [2.45, 2.75) is 12.7 Å². The average molecular weight is 325 g/mol. The number of carbonyl (C=O) groups is 1. The van der Waals surface area contributed by atoms with Gasteiger partial charge in [0.2, 0.25) is 0 Å². The van der Waals surface area contributed by atoms with Crippen LogP contribution in [0, 0.1) is 10.1 Å². The zero-order valence-electron chi connectivity index (χ0n) is 11.5. The summed E-state index contributed by atoms with van der Waals surface area (Å²) in [6.45, 7) is 0.0568. The van der Waals surface area contributed by atoms with Crippen molar-refractivity contribution in [3.63, 3.8) is 0 Å². The molecule has 1 aromatic heterocycles. The Hall–Kier alpha value is -2.97. The molecule has 120 valence electrons. The first-order valence-electron chi connectivity index (χ1n) is 6.32. The van der Waals surface area contributed by atoms with Crippen LogP contribution >= 0.6 is 0 Å². The third kappa shape index (κ3) is 3.82. The Morgan fingerprint density at radius 1 is 1.26 bits per heavy atom. The first-order chi connectivity index (χ1) is 10.8. The van der Waals surface area contributed by atoms with Gasteiger partial charge in [0.15, 0.2) is 12.0 Å². The summed E-state index contributed by atoms with van der Waals surface area (Å²) in [5.74, 6) is 0. The van der Waals surface area contributed by atoms with Crippen LogP contribution in [0.25, 0.3) is 0 Å². The normalized spacial score (nSPS) is 11.1. The Bertz CT molecular complexity index is 733. The number of nitro groups is 1. The second kappa shape index (κ2) is 6.42. The number of rotatable bonds is 5. The Morgan fingerprint density at radius 2 is 1.91 bits per heavy atom. The number of nitrogens with zero attached hydrogens (tertiary/aromatic N) is 2. The van der Waals surface area contributed by atoms with Crippen LogP contribution in [-0.2, 0) is 12.7 Å². The van der Waals surface area contributed by atoms with E-state index >= 15 is 0 Å². The van der Waals surface area contributed by atoms with E-state index in [1.54, 1.807) is 30.3 Å². The highest BCUT2D eigenvalue weighted by atomic mass is 19.4. The molecule has 0 amide bonds. The van der Waals surface area contributed by atoms with Gasteiger partial charge >= 0.3 is 11.9 Å². The van der Waals surface area contributed by atoms with E-state index in [2.05, 4.69) is 10.3 Å². The van der Waals surface area contributed by atoms with Crippen molar-refractivity contribution in [3.8, 4) is 0 Å². The minimum atomic E-state index is -4.82. The first kappa shape index (κ1) is 16.4. The van der Waals surface area contributed by atoms with Gasteiger partial charge in [-0.1, -0.05) is 30.3 Å². The number of benzene rings is 1. The summed E-state index contributed by atoms with van der Waals surface area (Å²) in [5, 5.41) is 13.6. The van der Waals surface area contributed by atoms with Crippen LogP contribution in [0.1, 0.15) is 21.7 Å². The van der Waals surface area contributed by atoms with Gasteiger partial charge in [-0.15, -0.1) is 0 Å². The smallest absolute Gasteiger partial charge is 0.375 e. The number of alkyl halides is 3. The fourth-order valence-corrected chi connectivity index (χ4v) is 1.91. The molecule has 0 aliphatic carbocycles. The van der Waals surface area contributed by atoms with E-state index < -0.39 is 33.9 Å². The third-order valence-electron chi connectivity index (χ3n) is 2.93.